The lowest BCUT2D eigenvalue weighted by atomic mass is 10.0. The maximum absolute atomic E-state index is 5.98. The molecule has 0 aliphatic heterocycles. The molecule has 2 aliphatic rings. The van der Waals surface area contributed by atoms with E-state index >= 15 is 0 Å². The van der Waals surface area contributed by atoms with Gasteiger partial charge in [0.05, 0.1) is 10.2 Å². The number of nitrogens with one attached hydrogen (secondary N) is 1. The lowest BCUT2D eigenvalue weighted by molar-refractivity contribution is 0.467. The van der Waals surface area contributed by atoms with Crippen molar-refractivity contribution in [2.24, 2.45) is 11.3 Å². The van der Waals surface area contributed by atoms with Gasteiger partial charge in [0.15, 0.2) is 5.13 Å². The Hall–Kier alpha value is -0.800. The molecule has 0 unspecified atom stereocenters. The highest BCUT2D eigenvalue weighted by Gasteiger charge is 2.53. The Labute approximate surface area is 115 Å². The van der Waals surface area contributed by atoms with Crippen molar-refractivity contribution < 1.29 is 0 Å². The average molecular weight is 279 g/mol. The summed E-state index contributed by atoms with van der Waals surface area (Å²) in [5.74, 6) is 0.994. The Kier molecular flexibility index (Phi) is 2.36. The predicted octanol–water partition coefficient (Wildman–Crippen LogP) is 4.55. The molecule has 4 heteroatoms. The summed E-state index contributed by atoms with van der Waals surface area (Å²) in [6.07, 6.45) is 5.69. The summed E-state index contributed by atoms with van der Waals surface area (Å²) in [5.41, 5.74) is 1.63. The number of nitrogens with zero attached hydrogens (tertiary/aromatic N) is 1. The van der Waals surface area contributed by atoms with Crippen molar-refractivity contribution in [3.63, 3.8) is 0 Å². The minimum absolute atomic E-state index is 0.621. The van der Waals surface area contributed by atoms with Gasteiger partial charge in [0.25, 0.3) is 0 Å². The van der Waals surface area contributed by atoms with E-state index < -0.39 is 0 Å². The number of hydrogen-bond acceptors (Lipinski definition) is 3. The second kappa shape index (κ2) is 3.84. The van der Waals surface area contributed by atoms with E-state index in [2.05, 4.69) is 10.3 Å². The highest BCUT2D eigenvalue weighted by atomic mass is 35.5. The van der Waals surface area contributed by atoms with Crippen LogP contribution in [0.25, 0.3) is 10.2 Å². The van der Waals surface area contributed by atoms with E-state index in [-0.39, 0.29) is 0 Å². The summed E-state index contributed by atoms with van der Waals surface area (Å²) >= 11 is 7.71. The summed E-state index contributed by atoms with van der Waals surface area (Å²) in [6.45, 7) is 1.10. The van der Waals surface area contributed by atoms with Gasteiger partial charge in [0, 0.05) is 11.6 Å². The Morgan fingerprint density at radius 1 is 1.39 bits per heavy atom. The molecule has 1 N–H and O–H groups in total. The zero-order valence-electron chi connectivity index (χ0n) is 10.1. The first-order valence-electron chi connectivity index (χ1n) is 6.55. The third-order valence-corrected chi connectivity index (χ3v) is 5.51. The molecule has 18 heavy (non-hydrogen) atoms. The summed E-state index contributed by atoms with van der Waals surface area (Å²) in [5, 5.41) is 5.34. The Bertz CT molecular complexity index is 599. The Morgan fingerprint density at radius 3 is 2.94 bits per heavy atom. The van der Waals surface area contributed by atoms with E-state index in [1.807, 2.05) is 18.2 Å². The van der Waals surface area contributed by atoms with Crippen molar-refractivity contribution in [3.8, 4) is 0 Å². The van der Waals surface area contributed by atoms with Crippen molar-refractivity contribution in [3.05, 3.63) is 23.2 Å². The third kappa shape index (κ3) is 1.90. The van der Waals surface area contributed by atoms with Crippen LogP contribution >= 0.6 is 22.9 Å². The summed E-state index contributed by atoms with van der Waals surface area (Å²) in [4.78, 5) is 4.61. The number of hydrogen-bond donors (Lipinski definition) is 1. The fourth-order valence-corrected chi connectivity index (χ4v) is 3.82. The number of anilines is 1. The Morgan fingerprint density at radius 2 is 2.22 bits per heavy atom. The van der Waals surface area contributed by atoms with Crippen molar-refractivity contribution in [2.75, 3.05) is 11.9 Å². The molecule has 0 amide bonds. The fourth-order valence-electron chi connectivity index (χ4n) is 2.81. The molecule has 4 rings (SSSR count). The van der Waals surface area contributed by atoms with Gasteiger partial charge in [-0.2, -0.15) is 0 Å². The van der Waals surface area contributed by atoms with E-state index in [1.165, 1.54) is 30.4 Å². The van der Waals surface area contributed by atoms with E-state index in [9.17, 15) is 0 Å². The molecule has 0 spiro atoms. The minimum Gasteiger partial charge on any atom is -0.361 e. The van der Waals surface area contributed by atoms with Gasteiger partial charge in [-0.1, -0.05) is 22.9 Å². The van der Waals surface area contributed by atoms with Crippen LogP contribution < -0.4 is 5.32 Å². The molecular weight excluding hydrogens is 264 g/mol. The van der Waals surface area contributed by atoms with Gasteiger partial charge in [-0.25, -0.2) is 4.98 Å². The van der Waals surface area contributed by atoms with Crippen LogP contribution in [0.3, 0.4) is 0 Å². The van der Waals surface area contributed by atoms with Crippen LogP contribution in [0.5, 0.6) is 0 Å². The van der Waals surface area contributed by atoms with Crippen LogP contribution in [0.15, 0.2) is 18.2 Å². The third-order valence-electron chi connectivity index (χ3n) is 4.28. The summed E-state index contributed by atoms with van der Waals surface area (Å²) < 4.78 is 1.21. The topological polar surface area (TPSA) is 24.9 Å². The molecular formula is C14H15ClN2S. The molecule has 1 heterocycles. The molecule has 0 atom stereocenters. The van der Waals surface area contributed by atoms with E-state index in [4.69, 9.17) is 11.6 Å². The fraction of sp³-hybridized carbons (Fsp3) is 0.500. The lowest BCUT2D eigenvalue weighted by Gasteiger charge is -2.13. The summed E-state index contributed by atoms with van der Waals surface area (Å²) in [6, 6.07) is 5.92. The zero-order chi connectivity index (χ0) is 12.2. The molecule has 2 aromatic rings. The number of benzene rings is 1. The van der Waals surface area contributed by atoms with Gasteiger partial charge >= 0.3 is 0 Å². The molecule has 1 aromatic heterocycles. The van der Waals surface area contributed by atoms with Gasteiger partial charge in [-0.3, -0.25) is 0 Å². The van der Waals surface area contributed by atoms with Crippen molar-refractivity contribution in [2.45, 2.75) is 25.7 Å². The molecule has 0 saturated heterocycles. The van der Waals surface area contributed by atoms with Gasteiger partial charge in [0.2, 0.25) is 0 Å². The molecule has 2 aliphatic carbocycles. The minimum atomic E-state index is 0.621. The normalized spacial score (nSPS) is 21.2. The number of thiazole rings is 1. The largest absolute Gasteiger partial charge is 0.361 e. The second-order valence-corrected chi connectivity index (χ2v) is 7.09. The monoisotopic (exact) mass is 278 g/mol. The standard InChI is InChI=1S/C14H15ClN2S/c15-10-3-4-12-11(7-10)17-13(18-12)16-8-14(5-6-14)9-1-2-9/h3-4,7,9H,1-2,5-6,8H2,(H,16,17). The smallest absolute Gasteiger partial charge is 0.183 e. The number of fused-ring (bicyclic) bond motifs is 1. The lowest BCUT2D eigenvalue weighted by Crippen LogP contribution is -2.17. The predicted molar refractivity (Wildman–Crippen MR) is 77.5 cm³/mol. The number of rotatable bonds is 4. The first-order valence-corrected chi connectivity index (χ1v) is 7.75. The SMILES string of the molecule is Clc1ccc2sc(NCC3(C4CC4)CC3)nc2c1. The molecule has 2 fully saturated rings. The Balaban J connectivity index is 1.52. The zero-order valence-corrected chi connectivity index (χ0v) is 11.7. The average Bonchev–Trinajstić information content (AvgIpc) is 3.22. The van der Waals surface area contributed by atoms with Crippen LogP contribution in [0.2, 0.25) is 5.02 Å². The van der Waals surface area contributed by atoms with Crippen LogP contribution in [0.1, 0.15) is 25.7 Å². The quantitative estimate of drug-likeness (QED) is 0.887. The van der Waals surface area contributed by atoms with Crippen LogP contribution in [-0.4, -0.2) is 11.5 Å². The van der Waals surface area contributed by atoms with Crippen LogP contribution in [0, 0.1) is 11.3 Å². The molecule has 2 saturated carbocycles. The summed E-state index contributed by atoms with van der Waals surface area (Å²) in [7, 11) is 0. The van der Waals surface area contributed by atoms with Gasteiger partial charge in [-0.05, 0) is 55.2 Å². The number of halogens is 1. The molecule has 0 bridgehead atoms. The van der Waals surface area contributed by atoms with Gasteiger partial charge in [-0.15, -0.1) is 0 Å². The molecule has 94 valence electrons. The number of aromatic nitrogens is 1. The second-order valence-electron chi connectivity index (χ2n) is 5.62. The first-order chi connectivity index (χ1) is 8.75. The van der Waals surface area contributed by atoms with E-state index in [1.54, 1.807) is 11.3 Å². The first kappa shape index (κ1) is 11.1. The van der Waals surface area contributed by atoms with E-state index in [0.717, 1.165) is 28.1 Å². The van der Waals surface area contributed by atoms with Crippen molar-refractivity contribution in [1.82, 2.24) is 4.98 Å². The highest BCUT2D eigenvalue weighted by molar-refractivity contribution is 7.22. The van der Waals surface area contributed by atoms with E-state index in [0.29, 0.717) is 5.41 Å². The molecule has 0 radical (unpaired) electrons. The van der Waals surface area contributed by atoms with Crippen molar-refractivity contribution >= 4 is 38.3 Å². The highest BCUT2D eigenvalue weighted by Crippen LogP contribution is 2.61. The maximum atomic E-state index is 5.98. The van der Waals surface area contributed by atoms with Crippen LogP contribution in [0.4, 0.5) is 5.13 Å². The maximum Gasteiger partial charge on any atom is 0.183 e. The van der Waals surface area contributed by atoms with Crippen LogP contribution in [-0.2, 0) is 0 Å². The molecule has 1 aromatic carbocycles. The van der Waals surface area contributed by atoms with Gasteiger partial charge in [0.1, 0.15) is 0 Å². The van der Waals surface area contributed by atoms with Gasteiger partial charge < -0.3 is 5.32 Å². The molecule has 2 nitrogen and oxygen atoms in total. The van der Waals surface area contributed by atoms with Crippen molar-refractivity contribution in [1.29, 1.82) is 0 Å².